The predicted molar refractivity (Wildman–Crippen MR) is 98.0 cm³/mol. The van der Waals surface area contributed by atoms with E-state index in [0.29, 0.717) is 18.3 Å². The maximum atomic E-state index is 6.08. The third-order valence-corrected chi connectivity index (χ3v) is 5.13. The molecule has 4 aromatic rings. The van der Waals surface area contributed by atoms with Gasteiger partial charge >= 0.3 is 0 Å². The maximum Gasteiger partial charge on any atom is 0.233 e. The predicted octanol–water partition coefficient (Wildman–Crippen LogP) is 3.46. The molecule has 1 saturated heterocycles. The van der Waals surface area contributed by atoms with E-state index >= 15 is 0 Å². The van der Waals surface area contributed by atoms with E-state index in [2.05, 4.69) is 31.6 Å². The lowest BCUT2D eigenvalue weighted by Gasteiger charge is -2.29. The number of nitrogens with one attached hydrogen (secondary N) is 1. The zero-order chi connectivity index (χ0) is 18.2. The molecule has 0 unspecified atom stereocenters. The number of pyridine rings is 1. The Morgan fingerprint density at radius 1 is 1.26 bits per heavy atom. The van der Waals surface area contributed by atoms with Crippen molar-refractivity contribution in [2.24, 2.45) is 0 Å². The van der Waals surface area contributed by atoms with Crippen molar-refractivity contribution in [1.82, 2.24) is 29.7 Å². The van der Waals surface area contributed by atoms with Gasteiger partial charge in [-0.05, 0) is 31.9 Å². The lowest BCUT2D eigenvalue weighted by Crippen LogP contribution is -2.24. The van der Waals surface area contributed by atoms with Crippen LogP contribution in [-0.4, -0.2) is 36.3 Å². The Morgan fingerprint density at radius 3 is 3.15 bits per heavy atom. The van der Waals surface area contributed by atoms with E-state index in [0.717, 1.165) is 41.8 Å². The van der Waals surface area contributed by atoms with Crippen LogP contribution in [0.3, 0.4) is 0 Å². The number of aromatic amines is 1. The van der Waals surface area contributed by atoms with Crippen LogP contribution in [0, 0.1) is 0 Å². The van der Waals surface area contributed by atoms with E-state index in [4.69, 9.17) is 14.2 Å². The number of imidazole rings is 1. The summed E-state index contributed by atoms with van der Waals surface area (Å²) < 4.78 is 13.9. The van der Waals surface area contributed by atoms with Crippen molar-refractivity contribution >= 4 is 11.0 Å². The van der Waals surface area contributed by atoms with Gasteiger partial charge in [-0.2, -0.15) is 4.98 Å². The average Bonchev–Trinajstić information content (AvgIpc) is 3.47. The van der Waals surface area contributed by atoms with E-state index < -0.39 is 0 Å². The standard InChI is InChI=1S/C19H20N6O2/c1-2-25-10-9-22-18(25)15-14(4-3-11-26-15)19-23-17(24-27-19)13-6-8-21-16-12(13)5-7-20-16/h5-10,14-15H,2-4,11H2,1H3,(H,20,21)/t14-,15-/m1/s1. The maximum absolute atomic E-state index is 6.08. The van der Waals surface area contributed by atoms with Crippen LogP contribution < -0.4 is 0 Å². The second-order valence-electron chi connectivity index (χ2n) is 6.67. The Hall–Kier alpha value is -3.00. The molecule has 4 aromatic heterocycles. The number of rotatable bonds is 4. The highest BCUT2D eigenvalue weighted by Crippen LogP contribution is 2.40. The minimum absolute atomic E-state index is 0.00347. The van der Waals surface area contributed by atoms with Gasteiger partial charge in [-0.15, -0.1) is 0 Å². The fourth-order valence-electron chi connectivity index (χ4n) is 3.78. The molecule has 1 N–H and O–H groups in total. The van der Waals surface area contributed by atoms with Gasteiger partial charge in [-0.25, -0.2) is 9.97 Å². The Balaban J connectivity index is 1.52. The quantitative estimate of drug-likeness (QED) is 0.596. The zero-order valence-corrected chi connectivity index (χ0v) is 15.0. The highest BCUT2D eigenvalue weighted by molar-refractivity contribution is 5.90. The van der Waals surface area contributed by atoms with Crippen LogP contribution in [0.4, 0.5) is 0 Å². The first-order valence-corrected chi connectivity index (χ1v) is 9.24. The van der Waals surface area contributed by atoms with Crippen LogP contribution in [0.25, 0.3) is 22.4 Å². The molecule has 1 aliphatic rings. The molecule has 8 heteroatoms. The number of aromatic nitrogens is 6. The van der Waals surface area contributed by atoms with Crippen molar-refractivity contribution in [2.75, 3.05) is 6.61 Å². The van der Waals surface area contributed by atoms with Crippen LogP contribution >= 0.6 is 0 Å². The van der Waals surface area contributed by atoms with E-state index in [9.17, 15) is 0 Å². The van der Waals surface area contributed by atoms with Crippen molar-refractivity contribution in [1.29, 1.82) is 0 Å². The summed E-state index contributed by atoms with van der Waals surface area (Å²) in [5, 5.41) is 5.21. The van der Waals surface area contributed by atoms with Crippen LogP contribution in [0.15, 0.2) is 41.4 Å². The normalized spacial score (nSPS) is 20.3. The SMILES string of the molecule is CCn1ccnc1[C@@H]1OCCC[C@H]1c1nc(-c2ccnc3[nH]ccc23)no1. The van der Waals surface area contributed by atoms with Gasteiger partial charge in [0.05, 0.1) is 5.92 Å². The minimum atomic E-state index is -0.174. The molecule has 138 valence electrons. The fraction of sp³-hybridized carbons (Fsp3) is 0.368. The number of fused-ring (bicyclic) bond motifs is 1. The third kappa shape index (κ3) is 2.73. The molecule has 0 bridgehead atoms. The summed E-state index contributed by atoms with van der Waals surface area (Å²) in [6.07, 6.45) is 9.11. The minimum Gasteiger partial charge on any atom is -0.369 e. The molecule has 8 nitrogen and oxygen atoms in total. The summed E-state index contributed by atoms with van der Waals surface area (Å²) in [5.74, 6) is 2.08. The van der Waals surface area contributed by atoms with Gasteiger partial charge in [0.2, 0.25) is 11.7 Å². The topological polar surface area (TPSA) is 94.7 Å². The van der Waals surface area contributed by atoms with Crippen LogP contribution in [0.1, 0.15) is 43.5 Å². The van der Waals surface area contributed by atoms with Gasteiger partial charge in [0.15, 0.2) is 0 Å². The number of aryl methyl sites for hydroxylation is 1. The van der Waals surface area contributed by atoms with Gasteiger partial charge in [0.25, 0.3) is 0 Å². The van der Waals surface area contributed by atoms with Crippen molar-refractivity contribution in [2.45, 2.75) is 38.3 Å². The molecule has 0 amide bonds. The fourth-order valence-corrected chi connectivity index (χ4v) is 3.78. The Bertz CT molecular complexity index is 1060. The Labute approximate surface area is 155 Å². The zero-order valence-electron chi connectivity index (χ0n) is 15.0. The van der Waals surface area contributed by atoms with Crippen LogP contribution in [0.2, 0.25) is 0 Å². The van der Waals surface area contributed by atoms with E-state index in [1.54, 1.807) is 6.20 Å². The highest BCUT2D eigenvalue weighted by atomic mass is 16.5. The molecule has 5 heterocycles. The monoisotopic (exact) mass is 364 g/mol. The van der Waals surface area contributed by atoms with Gasteiger partial charge < -0.3 is 18.8 Å². The van der Waals surface area contributed by atoms with Crippen LogP contribution in [-0.2, 0) is 11.3 Å². The molecular weight excluding hydrogens is 344 g/mol. The number of hydrogen-bond acceptors (Lipinski definition) is 6. The molecule has 0 aliphatic carbocycles. The Morgan fingerprint density at radius 2 is 2.22 bits per heavy atom. The van der Waals surface area contributed by atoms with Gasteiger partial charge in [-0.3, -0.25) is 0 Å². The van der Waals surface area contributed by atoms with Gasteiger partial charge in [0.1, 0.15) is 17.6 Å². The van der Waals surface area contributed by atoms with Crippen molar-refractivity contribution in [3.8, 4) is 11.4 Å². The third-order valence-electron chi connectivity index (χ3n) is 5.13. The Kier molecular flexibility index (Phi) is 3.97. The summed E-state index contributed by atoms with van der Waals surface area (Å²) in [4.78, 5) is 16.7. The van der Waals surface area contributed by atoms with Crippen molar-refractivity contribution in [3.05, 3.63) is 48.6 Å². The summed E-state index contributed by atoms with van der Waals surface area (Å²) >= 11 is 0. The van der Waals surface area contributed by atoms with Gasteiger partial charge in [0, 0.05) is 48.9 Å². The molecule has 0 saturated carbocycles. The molecule has 1 fully saturated rings. The largest absolute Gasteiger partial charge is 0.369 e. The van der Waals surface area contributed by atoms with E-state index in [1.807, 2.05) is 30.7 Å². The second kappa shape index (κ2) is 6.62. The van der Waals surface area contributed by atoms with Gasteiger partial charge in [-0.1, -0.05) is 5.16 Å². The molecular formula is C19H20N6O2. The lowest BCUT2D eigenvalue weighted by atomic mass is 9.93. The van der Waals surface area contributed by atoms with E-state index in [1.165, 1.54) is 0 Å². The van der Waals surface area contributed by atoms with Crippen molar-refractivity contribution in [3.63, 3.8) is 0 Å². The summed E-state index contributed by atoms with van der Waals surface area (Å²) in [6, 6.07) is 3.88. The number of ether oxygens (including phenoxy) is 1. The number of hydrogen-bond donors (Lipinski definition) is 1. The number of nitrogens with zero attached hydrogens (tertiary/aromatic N) is 5. The smallest absolute Gasteiger partial charge is 0.233 e. The molecule has 1 aliphatic heterocycles. The first-order chi connectivity index (χ1) is 13.3. The van der Waals surface area contributed by atoms with E-state index in [-0.39, 0.29) is 12.0 Å². The molecule has 0 radical (unpaired) electrons. The second-order valence-corrected chi connectivity index (χ2v) is 6.67. The summed E-state index contributed by atoms with van der Waals surface area (Å²) in [6.45, 7) is 3.66. The molecule has 27 heavy (non-hydrogen) atoms. The average molecular weight is 364 g/mol. The molecule has 0 spiro atoms. The first kappa shape index (κ1) is 16.2. The molecule has 5 rings (SSSR count). The summed E-state index contributed by atoms with van der Waals surface area (Å²) in [5.41, 5.74) is 1.71. The summed E-state index contributed by atoms with van der Waals surface area (Å²) in [7, 11) is 0. The molecule has 2 atom stereocenters. The highest BCUT2D eigenvalue weighted by Gasteiger charge is 2.35. The first-order valence-electron chi connectivity index (χ1n) is 9.24. The lowest BCUT2D eigenvalue weighted by molar-refractivity contribution is -0.0173. The van der Waals surface area contributed by atoms with Crippen LogP contribution in [0.5, 0.6) is 0 Å². The number of H-pyrrole nitrogens is 1. The van der Waals surface area contributed by atoms with Crippen molar-refractivity contribution < 1.29 is 9.26 Å². The molecule has 0 aromatic carbocycles.